The lowest BCUT2D eigenvalue weighted by atomic mass is 9.99. The highest BCUT2D eigenvalue weighted by molar-refractivity contribution is 5.82. The van der Waals surface area contributed by atoms with Gasteiger partial charge in [-0.05, 0) is 11.1 Å². The van der Waals surface area contributed by atoms with Crippen LogP contribution in [-0.2, 0) is 18.3 Å². The van der Waals surface area contributed by atoms with Gasteiger partial charge in [0.2, 0.25) is 0 Å². The molecule has 18 heavy (non-hydrogen) atoms. The fraction of sp³-hybridized carbons (Fsp3) is 0.333. The molecule has 0 aliphatic rings. The van der Waals surface area contributed by atoms with Gasteiger partial charge in [0.05, 0.1) is 6.20 Å². The van der Waals surface area contributed by atoms with Crippen molar-refractivity contribution in [1.82, 2.24) is 9.78 Å². The van der Waals surface area contributed by atoms with Gasteiger partial charge in [-0.3, -0.25) is 9.48 Å². The van der Waals surface area contributed by atoms with Crippen LogP contribution in [0.15, 0.2) is 36.7 Å². The molecule has 3 heteroatoms. The van der Waals surface area contributed by atoms with Crippen molar-refractivity contribution in [2.75, 3.05) is 0 Å². The van der Waals surface area contributed by atoms with Crippen LogP contribution in [0, 0.1) is 5.92 Å². The van der Waals surface area contributed by atoms with E-state index < -0.39 is 0 Å². The fourth-order valence-corrected chi connectivity index (χ4v) is 1.79. The van der Waals surface area contributed by atoms with Crippen molar-refractivity contribution in [3.05, 3.63) is 42.2 Å². The molecule has 0 amide bonds. The first kappa shape index (κ1) is 12.6. The van der Waals surface area contributed by atoms with Gasteiger partial charge < -0.3 is 0 Å². The van der Waals surface area contributed by atoms with Gasteiger partial charge >= 0.3 is 0 Å². The summed E-state index contributed by atoms with van der Waals surface area (Å²) in [6.07, 6.45) is 4.34. The van der Waals surface area contributed by atoms with Crippen molar-refractivity contribution < 1.29 is 4.79 Å². The van der Waals surface area contributed by atoms with E-state index in [1.807, 2.05) is 57.6 Å². The maximum absolute atomic E-state index is 11.7. The normalized spacial score (nSPS) is 10.9. The first-order valence-electron chi connectivity index (χ1n) is 6.17. The predicted molar refractivity (Wildman–Crippen MR) is 72.2 cm³/mol. The van der Waals surface area contributed by atoms with Crippen molar-refractivity contribution in [2.45, 2.75) is 20.3 Å². The number of hydrogen-bond acceptors (Lipinski definition) is 2. The molecule has 0 N–H and O–H groups in total. The fourth-order valence-electron chi connectivity index (χ4n) is 1.79. The summed E-state index contributed by atoms with van der Waals surface area (Å²) in [6, 6.07) is 8.12. The average Bonchev–Trinajstić information content (AvgIpc) is 2.76. The number of aryl methyl sites for hydroxylation is 1. The third-order valence-corrected chi connectivity index (χ3v) is 3.01. The summed E-state index contributed by atoms with van der Waals surface area (Å²) in [6.45, 7) is 3.87. The van der Waals surface area contributed by atoms with E-state index in [9.17, 15) is 4.79 Å². The largest absolute Gasteiger partial charge is 0.299 e. The van der Waals surface area contributed by atoms with Crippen LogP contribution in [0.25, 0.3) is 11.1 Å². The SMILES string of the molecule is CC(C)C(=O)Cc1ccc(-c2cnn(C)c2)cc1. The van der Waals surface area contributed by atoms with E-state index in [2.05, 4.69) is 5.10 Å². The molecule has 0 saturated carbocycles. The minimum Gasteiger partial charge on any atom is -0.299 e. The molecule has 94 valence electrons. The van der Waals surface area contributed by atoms with Crippen LogP contribution in [0.5, 0.6) is 0 Å². The van der Waals surface area contributed by atoms with Gasteiger partial charge in [0, 0.05) is 31.1 Å². The number of Topliss-reactive ketones (excluding diaryl/α,β-unsaturated/α-hetero) is 1. The van der Waals surface area contributed by atoms with Crippen molar-refractivity contribution in [1.29, 1.82) is 0 Å². The van der Waals surface area contributed by atoms with E-state index in [0.29, 0.717) is 6.42 Å². The minimum absolute atomic E-state index is 0.1000. The molecule has 1 aromatic carbocycles. The number of carbonyl (C=O) groups excluding carboxylic acids is 1. The van der Waals surface area contributed by atoms with Crippen LogP contribution in [0.3, 0.4) is 0 Å². The third-order valence-electron chi connectivity index (χ3n) is 3.01. The molecule has 0 aliphatic carbocycles. The summed E-state index contributed by atoms with van der Waals surface area (Å²) in [7, 11) is 1.90. The molecule has 0 bridgehead atoms. The molecule has 0 atom stereocenters. The summed E-state index contributed by atoms with van der Waals surface area (Å²) in [4.78, 5) is 11.7. The van der Waals surface area contributed by atoms with Gasteiger partial charge in [-0.15, -0.1) is 0 Å². The highest BCUT2D eigenvalue weighted by atomic mass is 16.1. The predicted octanol–water partition coefficient (Wildman–Crippen LogP) is 2.85. The number of carbonyl (C=O) groups is 1. The van der Waals surface area contributed by atoms with Gasteiger partial charge in [-0.1, -0.05) is 38.1 Å². The first-order chi connectivity index (χ1) is 8.56. The molecule has 1 heterocycles. The lowest BCUT2D eigenvalue weighted by Crippen LogP contribution is -2.09. The molecule has 0 unspecified atom stereocenters. The van der Waals surface area contributed by atoms with E-state index in [0.717, 1.165) is 16.7 Å². The molecule has 1 aromatic heterocycles. The van der Waals surface area contributed by atoms with Gasteiger partial charge in [0.25, 0.3) is 0 Å². The Labute approximate surface area is 107 Å². The van der Waals surface area contributed by atoms with E-state index in [1.54, 1.807) is 4.68 Å². The van der Waals surface area contributed by atoms with Crippen molar-refractivity contribution in [2.24, 2.45) is 13.0 Å². The lowest BCUT2D eigenvalue weighted by molar-refractivity contribution is -0.121. The zero-order chi connectivity index (χ0) is 13.1. The Bertz CT molecular complexity index is 538. The van der Waals surface area contributed by atoms with Crippen LogP contribution < -0.4 is 0 Å². The summed E-state index contributed by atoms with van der Waals surface area (Å²) in [5.74, 6) is 0.382. The zero-order valence-electron chi connectivity index (χ0n) is 11.1. The molecule has 0 fully saturated rings. The van der Waals surface area contributed by atoms with Gasteiger partial charge in [0.1, 0.15) is 5.78 Å². The number of nitrogens with zero attached hydrogens (tertiary/aromatic N) is 2. The van der Waals surface area contributed by atoms with Crippen LogP contribution in [0.1, 0.15) is 19.4 Å². The first-order valence-corrected chi connectivity index (χ1v) is 6.17. The second-order valence-corrected chi connectivity index (χ2v) is 4.90. The molecule has 0 radical (unpaired) electrons. The number of hydrogen-bond donors (Lipinski definition) is 0. The van der Waals surface area contributed by atoms with Crippen LogP contribution >= 0.6 is 0 Å². The Balaban J connectivity index is 2.13. The van der Waals surface area contributed by atoms with Gasteiger partial charge in [0.15, 0.2) is 0 Å². The standard InChI is InChI=1S/C15H18N2O/c1-11(2)15(18)8-12-4-6-13(7-5-12)14-9-16-17(3)10-14/h4-7,9-11H,8H2,1-3H3. The Morgan fingerprint density at radius 1 is 1.22 bits per heavy atom. The number of benzene rings is 1. The molecule has 2 aromatic rings. The second-order valence-electron chi connectivity index (χ2n) is 4.90. The van der Waals surface area contributed by atoms with E-state index >= 15 is 0 Å². The van der Waals surface area contributed by atoms with Gasteiger partial charge in [-0.25, -0.2) is 0 Å². The monoisotopic (exact) mass is 242 g/mol. The van der Waals surface area contributed by atoms with Crippen LogP contribution in [0.4, 0.5) is 0 Å². The maximum Gasteiger partial charge on any atom is 0.139 e. The maximum atomic E-state index is 11.7. The average molecular weight is 242 g/mol. The lowest BCUT2D eigenvalue weighted by Gasteiger charge is -2.05. The van der Waals surface area contributed by atoms with Crippen LogP contribution in [-0.4, -0.2) is 15.6 Å². The zero-order valence-corrected chi connectivity index (χ0v) is 11.1. The topological polar surface area (TPSA) is 34.9 Å². The van der Waals surface area contributed by atoms with Crippen LogP contribution in [0.2, 0.25) is 0 Å². The second kappa shape index (κ2) is 5.17. The summed E-state index contributed by atoms with van der Waals surface area (Å²) in [5.41, 5.74) is 3.30. The van der Waals surface area contributed by atoms with E-state index in [-0.39, 0.29) is 11.7 Å². The molecule has 0 spiro atoms. The van der Waals surface area contributed by atoms with Gasteiger partial charge in [-0.2, -0.15) is 5.10 Å². The molecule has 0 saturated heterocycles. The van der Waals surface area contributed by atoms with Crippen molar-refractivity contribution >= 4 is 5.78 Å². The highest BCUT2D eigenvalue weighted by Gasteiger charge is 2.08. The summed E-state index contributed by atoms with van der Waals surface area (Å²) < 4.78 is 1.78. The molecule has 2 rings (SSSR count). The third kappa shape index (κ3) is 2.86. The van der Waals surface area contributed by atoms with E-state index in [4.69, 9.17) is 0 Å². The quantitative estimate of drug-likeness (QED) is 0.826. The number of aromatic nitrogens is 2. The van der Waals surface area contributed by atoms with Crippen molar-refractivity contribution in [3.8, 4) is 11.1 Å². The highest BCUT2D eigenvalue weighted by Crippen LogP contribution is 2.19. The molecular weight excluding hydrogens is 224 g/mol. The summed E-state index contributed by atoms with van der Waals surface area (Å²) in [5, 5.41) is 4.15. The van der Waals surface area contributed by atoms with Crippen molar-refractivity contribution in [3.63, 3.8) is 0 Å². The Morgan fingerprint density at radius 2 is 1.89 bits per heavy atom. The Hall–Kier alpha value is -1.90. The Kier molecular flexibility index (Phi) is 3.60. The summed E-state index contributed by atoms with van der Waals surface area (Å²) >= 11 is 0. The van der Waals surface area contributed by atoms with E-state index in [1.165, 1.54) is 0 Å². The smallest absolute Gasteiger partial charge is 0.139 e. The molecule has 3 nitrogen and oxygen atoms in total. The number of rotatable bonds is 4. The number of ketones is 1. The molecule has 0 aliphatic heterocycles. The molecular formula is C15H18N2O. The minimum atomic E-state index is 0.1000. The Morgan fingerprint density at radius 3 is 2.39 bits per heavy atom.